The Morgan fingerprint density at radius 1 is 1.28 bits per heavy atom. The minimum absolute atomic E-state index is 0.0154. The van der Waals surface area contributed by atoms with E-state index in [4.69, 9.17) is 9.15 Å². The quantitative estimate of drug-likeness (QED) is 0.688. The Labute approximate surface area is 170 Å². The summed E-state index contributed by atoms with van der Waals surface area (Å²) in [5.41, 5.74) is 2.69. The third kappa shape index (κ3) is 4.43. The standard InChI is InChI=1S/C23H27N3O3/c1-16(18-9-3-5-11-20(18)28-2)24-22(27)15-26-13-7-8-17(14-26)23-25-19-10-4-6-12-21(19)29-23/h3-6,9-12,16-17H,7-8,13-15H2,1-2H3,(H,24,27). The van der Waals surface area contributed by atoms with Crippen LogP contribution in [-0.4, -0.2) is 42.5 Å². The van der Waals surface area contributed by atoms with Gasteiger partial charge in [0.15, 0.2) is 11.5 Å². The molecule has 1 aliphatic heterocycles. The average molecular weight is 393 g/mol. The van der Waals surface area contributed by atoms with Crippen LogP contribution in [0.25, 0.3) is 11.1 Å². The van der Waals surface area contributed by atoms with Gasteiger partial charge in [0, 0.05) is 18.0 Å². The molecule has 152 valence electrons. The number of aromatic nitrogens is 1. The number of fused-ring (bicyclic) bond motifs is 1. The highest BCUT2D eigenvalue weighted by molar-refractivity contribution is 5.78. The van der Waals surface area contributed by atoms with Crippen LogP contribution in [-0.2, 0) is 4.79 Å². The second-order valence-electron chi connectivity index (χ2n) is 7.63. The summed E-state index contributed by atoms with van der Waals surface area (Å²) in [6, 6.07) is 15.5. The fourth-order valence-electron chi connectivity index (χ4n) is 4.06. The van der Waals surface area contributed by atoms with Gasteiger partial charge in [-0.2, -0.15) is 0 Å². The summed E-state index contributed by atoms with van der Waals surface area (Å²) < 4.78 is 11.4. The number of carbonyl (C=O) groups excluding carboxylic acids is 1. The smallest absolute Gasteiger partial charge is 0.234 e. The zero-order chi connectivity index (χ0) is 20.2. The van der Waals surface area contributed by atoms with E-state index in [0.29, 0.717) is 6.54 Å². The van der Waals surface area contributed by atoms with Gasteiger partial charge in [0.05, 0.1) is 19.7 Å². The fourth-order valence-corrected chi connectivity index (χ4v) is 4.06. The topological polar surface area (TPSA) is 67.6 Å². The van der Waals surface area contributed by atoms with Gasteiger partial charge >= 0.3 is 0 Å². The predicted molar refractivity (Wildman–Crippen MR) is 112 cm³/mol. The number of piperidine rings is 1. The molecule has 0 radical (unpaired) electrons. The van der Waals surface area contributed by atoms with Gasteiger partial charge < -0.3 is 14.5 Å². The normalized spacial score (nSPS) is 18.5. The van der Waals surface area contributed by atoms with Crippen LogP contribution in [0.2, 0.25) is 0 Å². The maximum atomic E-state index is 12.6. The van der Waals surface area contributed by atoms with Crippen molar-refractivity contribution >= 4 is 17.0 Å². The summed E-state index contributed by atoms with van der Waals surface area (Å²) >= 11 is 0. The minimum Gasteiger partial charge on any atom is -0.496 e. The molecule has 3 aromatic rings. The second kappa shape index (κ2) is 8.66. The zero-order valence-electron chi connectivity index (χ0n) is 16.9. The SMILES string of the molecule is COc1ccccc1C(C)NC(=O)CN1CCCC(c2nc3ccccc3o2)C1. The van der Waals surface area contributed by atoms with Crippen LogP contribution in [0.1, 0.15) is 43.2 Å². The molecule has 2 atom stereocenters. The van der Waals surface area contributed by atoms with Gasteiger partial charge in [0.2, 0.25) is 5.91 Å². The highest BCUT2D eigenvalue weighted by Crippen LogP contribution is 2.29. The van der Waals surface area contributed by atoms with Crippen LogP contribution < -0.4 is 10.1 Å². The van der Waals surface area contributed by atoms with E-state index >= 15 is 0 Å². The minimum atomic E-state index is -0.115. The van der Waals surface area contributed by atoms with Gasteiger partial charge in [-0.3, -0.25) is 9.69 Å². The summed E-state index contributed by atoms with van der Waals surface area (Å²) in [4.78, 5) is 19.5. The number of hydrogen-bond donors (Lipinski definition) is 1. The van der Waals surface area contributed by atoms with Crippen molar-refractivity contribution in [2.75, 3.05) is 26.7 Å². The van der Waals surface area contributed by atoms with Gasteiger partial charge in [-0.1, -0.05) is 30.3 Å². The van der Waals surface area contributed by atoms with Crippen LogP contribution in [0.3, 0.4) is 0 Å². The van der Waals surface area contributed by atoms with Crippen molar-refractivity contribution in [3.63, 3.8) is 0 Å². The van der Waals surface area contributed by atoms with Crippen molar-refractivity contribution in [3.05, 3.63) is 60.0 Å². The Hall–Kier alpha value is -2.86. The first-order valence-electron chi connectivity index (χ1n) is 10.1. The van der Waals surface area contributed by atoms with E-state index in [1.54, 1.807) is 7.11 Å². The van der Waals surface area contributed by atoms with Crippen LogP contribution in [0.4, 0.5) is 0 Å². The largest absolute Gasteiger partial charge is 0.496 e. The average Bonchev–Trinajstić information content (AvgIpc) is 3.18. The molecule has 2 unspecified atom stereocenters. The summed E-state index contributed by atoms with van der Waals surface area (Å²) in [7, 11) is 1.65. The van der Waals surface area contributed by atoms with E-state index in [9.17, 15) is 4.79 Å². The number of ether oxygens (including phenoxy) is 1. The van der Waals surface area contributed by atoms with Crippen molar-refractivity contribution in [1.29, 1.82) is 0 Å². The number of benzene rings is 2. The monoisotopic (exact) mass is 393 g/mol. The number of methoxy groups -OCH3 is 1. The molecule has 1 amide bonds. The molecule has 2 heterocycles. The Balaban J connectivity index is 1.37. The molecule has 0 spiro atoms. The van der Waals surface area contributed by atoms with Crippen LogP contribution in [0.15, 0.2) is 52.9 Å². The molecule has 0 aliphatic carbocycles. The van der Waals surface area contributed by atoms with E-state index in [0.717, 1.165) is 54.2 Å². The van der Waals surface area contributed by atoms with Crippen molar-refractivity contribution in [2.24, 2.45) is 0 Å². The molecule has 0 bridgehead atoms. The number of likely N-dealkylation sites (tertiary alicyclic amines) is 1. The molecule has 6 nitrogen and oxygen atoms in total. The highest BCUT2D eigenvalue weighted by Gasteiger charge is 2.27. The van der Waals surface area contributed by atoms with Gasteiger partial charge in [-0.25, -0.2) is 4.98 Å². The highest BCUT2D eigenvalue weighted by atomic mass is 16.5. The Kier molecular flexibility index (Phi) is 5.81. The zero-order valence-corrected chi connectivity index (χ0v) is 16.9. The summed E-state index contributed by atoms with van der Waals surface area (Å²) in [5, 5.41) is 3.09. The Morgan fingerprint density at radius 2 is 2.07 bits per heavy atom. The predicted octanol–water partition coefficient (Wildman–Crippen LogP) is 3.89. The van der Waals surface area contributed by atoms with Crippen LogP contribution in [0, 0.1) is 0 Å². The van der Waals surface area contributed by atoms with E-state index in [1.807, 2.05) is 55.5 Å². The van der Waals surface area contributed by atoms with Crippen molar-refractivity contribution in [3.8, 4) is 5.75 Å². The maximum Gasteiger partial charge on any atom is 0.234 e. The lowest BCUT2D eigenvalue weighted by Gasteiger charge is -2.31. The van der Waals surface area contributed by atoms with Crippen LogP contribution in [0.5, 0.6) is 5.75 Å². The van der Waals surface area contributed by atoms with E-state index in [-0.39, 0.29) is 17.9 Å². The second-order valence-corrected chi connectivity index (χ2v) is 7.63. The van der Waals surface area contributed by atoms with Gasteiger partial charge in [-0.15, -0.1) is 0 Å². The van der Waals surface area contributed by atoms with Crippen molar-refractivity contribution < 1.29 is 13.9 Å². The first-order chi connectivity index (χ1) is 14.1. The number of oxazole rings is 1. The number of rotatable bonds is 6. The Bertz CT molecular complexity index is 951. The van der Waals surface area contributed by atoms with Crippen LogP contribution >= 0.6 is 0 Å². The number of para-hydroxylation sites is 3. The summed E-state index contributed by atoms with van der Waals surface area (Å²) in [6.45, 7) is 4.04. The molecule has 6 heteroatoms. The summed E-state index contributed by atoms with van der Waals surface area (Å²) in [5.74, 6) is 1.80. The third-order valence-electron chi connectivity index (χ3n) is 5.52. The lowest BCUT2D eigenvalue weighted by atomic mass is 9.98. The van der Waals surface area contributed by atoms with Crippen molar-refractivity contribution in [2.45, 2.75) is 31.7 Å². The number of carbonyl (C=O) groups is 1. The van der Waals surface area contributed by atoms with E-state index in [2.05, 4.69) is 15.2 Å². The molecule has 1 aromatic heterocycles. The molecule has 29 heavy (non-hydrogen) atoms. The maximum absolute atomic E-state index is 12.6. The number of hydrogen-bond acceptors (Lipinski definition) is 5. The van der Waals surface area contributed by atoms with Gasteiger partial charge in [0.25, 0.3) is 0 Å². The molecule has 4 rings (SSSR count). The van der Waals surface area contributed by atoms with E-state index < -0.39 is 0 Å². The third-order valence-corrected chi connectivity index (χ3v) is 5.52. The molecular weight excluding hydrogens is 366 g/mol. The molecule has 1 saturated heterocycles. The number of amides is 1. The number of nitrogens with zero attached hydrogens (tertiary/aromatic N) is 2. The lowest BCUT2D eigenvalue weighted by molar-refractivity contribution is -0.123. The first-order valence-corrected chi connectivity index (χ1v) is 10.1. The first kappa shape index (κ1) is 19.5. The molecule has 1 N–H and O–H groups in total. The number of nitrogens with one attached hydrogen (secondary N) is 1. The summed E-state index contributed by atoms with van der Waals surface area (Å²) in [6.07, 6.45) is 2.06. The van der Waals surface area contributed by atoms with Gasteiger partial charge in [-0.05, 0) is 44.5 Å². The molecule has 0 saturated carbocycles. The van der Waals surface area contributed by atoms with E-state index in [1.165, 1.54) is 0 Å². The van der Waals surface area contributed by atoms with Crippen molar-refractivity contribution in [1.82, 2.24) is 15.2 Å². The Morgan fingerprint density at radius 3 is 2.90 bits per heavy atom. The molecule has 1 fully saturated rings. The fraction of sp³-hybridized carbons (Fsp3) is 0.391. The molecule has 1 aliphatic rings. The lowest BCUT2D eigenvalue weighted by Crippen LogP contribution is -2.42. The molecule has 2 aromatic carbocycles. The van der Waals surface area contributed by atoms with Gasteiger partial charge in [0.1, 0.15) is 11.3 Å². The molecular formula is C23H27N3O3.